The van der Waals surface area contributed by atoms with E-state index in [0.717, 1.165) is 11.3 Å². The zero-order chi connectivity index (χ0) is 12.7. The van der Waals surface area contributed by atoms with Gasteiger partial charge in [0.25, 0.3) is 0 Å². The molecule has 0 spiro atoms. The molecule has 18 heavy (non-hydrogen) atoms. The van der Waals surface area contributed by atoms with Crippen molar-refractivity contribution in [3.05, 3.63) is 42.0 Å². The Balaban J connectivity index is 2.07. The predicted octanol–water partition coefficient (Wildman–Crippen LogP) is 1.71. The first-order valence-electron chi connectivity index (χ1n) is 5.84. The van der Waals surface area contributed by atoms with E-state index in [2.05, 4.69) is 27.6 Å². The first-order chi connectivity index (χ1) is 8.65. The smallest absolute Gasteiger partial charge is 0.131 e. The fraction of sp³-hybridized carbons (Fsp3) is 0.231. The number of fused-ring (bicyclic) bond motifs is 1. The van der Waals surface area contributed by atoms with Gasteiger partial charge in [-0.3, -0.25) is 4.68 Å². The Hall–Kier alpha value is -2.30. The molecule has 0 bridgehead atoms. The fourth-order valence-electron chi connectivity index (χ4n) is 2.27. The Morgan fingerprint density at radius 2 is 2.17 bits per heavy atom. The summed E-state index contributed by atoms with van der Waals surface area (Å²) >= 11 is 0. The Morgan fingerprint density at radius 3 is 2.83 bits per heavy atom. The van der Waals surface area contributed by atoms with Gasteiger partial charge in [-0.1, -0.05) is 12.1 Å². The number of nitrogens with zero attached hydrogens (tertiary/aromatic N) is 4. The second-order valence-corrected chi connectivity index (χ2v) is 4.50. The zero-order valence-electron chi connectivity index (χ0n) is 10.5. The lowest BCUT2D eigenvalue weighted by Gasteiger charge is -2.03. The summed E-state index contributed by atoms with van der Waals surface area (Å²) in [6, 6.07) is 6.16. The minimum absolute atomic E-state index is 0.627. The van der Waals surface area contributed by atoms with Crippen LogP contribution in [-0.2, 0) is 13.6 Å². The molecular formula is C13H15N5. The maximum atomic E-state index is 5.66. The molecule has 0 saturated heterocycles. The molecule has 0 aliphatic rings. The first-order valence-corrected chi connectivity index (χ1v) is 5.84. The lowest BCUT2D eigenvalue weighted by molar-refractivity contribution is 0.636. The van der Waals surface area contributed by atoms with Crippen LogP contribution in [0.4, 0.5) is 5.69 Å². The van der Waals surface area contributed by atoms with Gasteiger partial charge in [0.2, 0.25) is 0 Å². The van der Waals surface area contributed by atoms with E-state index in [9.17, 15) is 0 Å². The molecule has 0 fully saturated rings. The van der Waals surface area contributed by atoms with Crippen molar-refractivity contribution in [3.63, 3.8) is 0 Å². The third-order valence-corrected chi connectivity index (χ3v) is 3.15. The van der Waals surface area contributed by atoms with Gasteiger partial charge in [-0.15, -0.1) is 0 Å². The average molecular weight is 241 g/mol. The predicted molar refractivity (Wildman–Crippen MR) is 71.2 cm³/mol. The van der Waals surface area contributed by atoms with Crippen LogP contribution in [0.5, 0.6) is 0 Å². The van der Waals surface area contributed by atoms with Crippen LogP contribution in [0.1, 0.15) is 11.4 Å². The summed E-state index contributed by atoms with van der Waals surface area (Å²) in [7, 11) is 2.03. The van der Waals surface area contributed by atoms with E-state index in [-0.39, 0.29) is 0 Å². The van der Waals surface area contributed by atoms with E-state index < -0.39 is 0 Å². The Labute approximate surface area is 105 Å². The van der Waals surface area contributed by atoms with E-state index in [0.29, 0.717) is 12.2 Å². The number of hydrogen-bond acceptors (Lipinski definition) is 3. The molecule has 2 N–H and O–H groups in total. The van der Waals surface area contributed by atoms with E-state index in [1.54, 1.807) is 10.9 Å². The molecule has 2 aromatic heterocycles. The Kier molecular flexibility index (Phi) is 2.33. The van der Waals surface area contributed by atoms with Crippen LogP contribution in [0, 0.1) is 6.92 Å². The molecule has 0 aliphatic heterocycles. The first kappa shape index (κ1) is 10.8. The molecule has 92 valence electrons. The zero-order valence-corrected chi connectivity index (χ0v) is 10.5. The van der Waals surface area contributed by atoms with Crippen molar-refractivity contribution in [1.29, 1.82) is 0 Å². The van der Waals surface area contributed by atoms with Gasteiger partial charge >= 0.3 is 0 Å². The minimum atomic E-state index is 0.627. The van der Waals surface area contributed by atoms with Crippen molar-refractivity contribution in [2.24, 2.45) is 7.05 Å². The molecule has 0 unspecified atom stereocenters. The second-order valence-electron chi connectivity index (χ2n) is 4.50. The molecule has 0 aliphatic carbocycles. The van der Waals surface area contributed by atoms with Crippen molar-refractivity contribution in [2.75, 3.05) is 5.73 Å². The summed E-state index contributed by atoms with van der Waals surface area (Å²) in [5.41, 5.74) is 9.76. The molecule has 0 atom stereocenters. The van der Waals surface area contributed by atoms with Gasteiger partial charge in [0.1, 0.15) is 5.82 Å². The maximum Gasteiger partial charge on any atom is 0.131 e. The largest absolute Gasteiger partial charge is 0.396 e. The second kappa shape index (κ2) is 3.87. The molecule has 0 amide bonds. The van der Waals surface area contributed by atoms with Crippen molar-refractivity contribution in [1.82, 2.24) is 19.3 Å². The van der Waals surface area contributed by atoms with Crippen molar-refractivity contribution >= 4 is 16.7 Å². The van der Waals surface area contributed by atoms with E-state index in [1.807, 2.05) is 25.4 Å². The van der Waals surface area contributed by atoms with Gasteiger partial charge in [0.15, 0.2) is 0 Å². The monoisotopic (exact) mass is 241 g/mol. The fourth-order valence-corrected chi connectivity index (χ4v) is 2.27. The van der Waals surface area contributed by atoms with Crippen LogP contribution in [0.3, 0.4) is 0 Å². The number of aromatic nitrogens is 4. The van der Waals surface area contributed by atoms with E-state index in [1.165, 1.54) is 11.1 Å². The highest BCUT2D eigenvalue weighted by Gasteiger charge is 2.10. The molecule has 1 aromatic carbocycles. The lowest BCUT2D eigenvalue weighted by atomic mass is 10.2. The number of benzene rings is 1. The Bertz CT molecular complexity index is 707. The normalized spacial score (nSPS) is 11.2. The lowest BCUT2D eigenvalue weighted by Crippen LogP contribution is -2.06. The highest BCUT2D eigenvalue weighted by atomic mass is 15.3. The van der Waals surface area contributed by atoms with Crippen molar-refractivity contribution in [3.8, 4) is 0 Å². The van der Waals surface area contributed by atoms with Crippen molar-refractivity contribution < 1.29 is 0 Å². The van der Waals surface area contributed by atoms with Gasteiger partial charge in [0.05, 0.1) is 29.5 Å². The SMILES string of the molecule is Cc1cccc2nc(Cn3cc(N)cn3)n(C)c12. The summed E-state index contributed by atoms with van der Waals surface area (Å²) in [5.74, 6) is 0.974. The Morgan fingerprint density at radius 1 is 1.33 bits per heavy atom. The molecule has 5 nitrogen and oxygen atoms in total. The molecule has 3 aromatic rings. The molecule has 0 radical (unpaired) electrons. The van der Waals surface area contributed by atoms with Gasteiger partial charge in [-0.25, -0.2) is 4.98 Å². The van der Waals surface area contributed by atoms with Crippen LogP contribution in [0.2, 0.25) is 0 Å². The maximum absolute atomic E-state index is 5.66. The highest BCUT2D eigenvalue weighted by molar-refractivity contribution is 5.79. The number of para-hydroxylation sites is 1. The summed E-state index contributed by atoms with van der Waals surface area (Å²) in [6.07, 6.45) is 3.46. The van der Waals surface area contributed by atoms with Crippen LogP contribution in [-0.4, -0.2) is 19.3 Å². The average Bonchev–Trinajstić information content (AvgIpc) is 2.86. The summed E-state index contributed by atoms with van der Waals surface area (Å²) in [5, 5.41) is 4.18. The van der Waals surface area contributed by atoms with Gasteiger partial charge in [-0.05, 0) is 18.6 Å². The number of anilines is 1. The van der Waals surface area contributed by atoms with Gasteiger partial charge in [0, 0.05) is 13.2 Å². The topological polar surface area (TPSA) is 61.7 Å². The van der Waals surface area contributed by atoms with Crippen LogP contribution in [0.15, 0.2) is 30.6 Å². The molecule has 5 heteroatoms. The number of nitrogens with two attached hydrogens (primary N) is 1. The number of aryl methyl sites for hydroxylation is 2. The number of nitrogen functional groups attached to an aromatic ring is 1. The summed E-state index contributed by atoms with van der Waals surface area (Å²) in [6.45, 7) is 2.72. The summed E-state index contributed by atoms with van der Waals surface area (Å²) in [4.78, 5) is 4.64. The quantitative estimate of drug-likeness (QED) is 0.743. The van der Waals surface area contributed by atoms with E-state index in [4.69, 9.17) is 5.73 Å². The number of imidazole rings is 1. The summed E-state index contributed by atoms with van der Waals surface area (Å²) < 4.78 is 3.91. The molecule has 2 heterocycles. The molecular weight excluding hydrogens is 226 g/mol. The third kappa shape index (κ3) is 1.64. The van der Waals surface area contributed by atoms with E-state index >= 15 is 0 Å². The highest BCUT2D eigenvalue weighted by Crippen LogP contribution is 2.19. The van der Waals surface area contributed by atoms with Gasteiger partial charge in [-0.2, -0.15) is 5.10 Å². The third-order valence-electron chi connectivity index (χ3n) is 3.15. The minimum Gasteiger partial charge on any atom is -0.396 e. The van der Waals surface area contributed by atoms with Crippen LogP contribution >= 0.6 is 0 Å². The molecule has 0 saturated carbocycles. The standard InChI is InChI=1S/C13H15N5/c1-9-4-3-5-11-13(9)17(2)12(16-11)8-18-7-10(14)6-15-18/h3-7H,8,14H2,1-2H3. The van der Waals surface area contributed by atoms with Gasteiger partial charge < -0.3 is 10.3 Å². The number of hydrogen-bond donors (Lipinski definition) is 1. The van der Waals surface area contributed by atoms with Crippen LogP contribution in [0.25, 0.3) is 11.0 Å². The number of rotatable bonds is 2. The van der Waals surface area contributed by atoms with Crippen molar-refractivity contribution in [2.45, 2.75) is 13.5 Å². The van der Waals surface area contributed by atoms with Crippen LogP contribution < -0.4 is 5.73 Å². The molecule has 3 rings (SSSR count).